The van der Waals surface area contributed by atoms with Gasteiger partial charge in [0.1, 0.15) is 18.1 Å². The molecule has 0 bridgehead atoms. The summed E-state index contributed by atoms with van der Waals surface area (Å²) in [6, 6.07) is 7.60. The molecule has 3 saturated carbocycles. The Morgan fingerprint density at radius 3 is 2.57 bits per heavy atom. The first-order valence-corrected chi connectivity index (χ1v) is 15.8. The maximum Gasteiger partial charge on any atom is 0.270 e. The summed E-state index contributed by atoms with van der Waals surface area (Å²) >= 11 is 6.30. The molecule has 42 heavy (non-hydrogen) atoms. The number of ether oxygens (including phenoxy) is 1. The molecule has 2 amide bonds. The van der Waals surface area contributed by atoms with E-state index in [9.17, 15) is 14.4 Å². The summed E-state index contributed by atoms with van der Waals surface area (Å²) in [6.07, 6.45) is 7.35. The lowest BCUT2D eigenvalue weighted by Gasteiger charge is -2.34. The van der Waals surface area contributed by atoms with Gasteiger partial charge in [0, 0.05) is 43.9 Å². The van der Waals surface area contributed by atoms with Crippen molar-refractivity contribution in [2.75, 3.05) is 39.3 Å². The van der Waals surface area contributed by atoms with Crippen LogP contribution in [0.15, 0.2) is 40.5 Å². The molecule has 0 spiro atoms. The van der Waals surface area contributed by atoms with Gasteiger partial charge in [-0.25, -0.2) is 0 Å². The van der Waals surface area contributed by atoms with Crippen molar-refractivity contribution in [3.8, 4) is 5.75 Å². The number of amides is 2. The summed E-state index contributed by atoms with van der Waals surface area (Å²) < 4.78 is 6.24. The molecular weight excluding hydrogens is 556 g/mol. The molecule has 10 heteroatoms. The Morgan fingerprint density at radius 1 is 1.10 bits per heavy atom. The number of aliphatic hydroxyl groups is 1. The molecule has 228 valence electrons. The molecule has 1 unspecified atom stereocenters. The number of Topliss-reactive ketones (excluding diaryl/α,β-unsaturated/α-hetero) is 1. The normalized spacial score (nSPS) is 29.6. The second-order valence-corrected chi connectivity index (χ2v) is 12.8. The minimum Gasteiger partial charge on any atom is -0.489 e. The number of piperazine rings is 1. The van der Waals surface area contributed by atoms with E-state index >= 15 is 0 Å². The second-order valence-electron chi connectivity index (χ2n) is 12.4. The van der Waals surface area contributed by atoms with Crippen molar-refractivity contribution >= 4 is 34.9 Å². The number of aliphatic imine (C=N–C) groups is 1. The quantitative estimate of drug-likeness (QED) is 0.330. The Bertz CT molecular complexity index is 1240. The number of halogens is 1. The smallest absolute Gasteiger partial charge is 0.270 e. The number of para-hydroxylation sites is 1. The standard InChI is InChI=1S/C32H43ClN4O5/c1-20-15-24(42-28-8-3-2-7-26(28)33)6-4-5-21(20)9-10-23(39)18-35-27-17-22-16-25(22)30(27)31(34)32(41)37-13-11-36(12-14-37)29(40)19-38/h2-3,7-8,20-22,24-25,38H,4-6,9-19,34H2,1H3/t20-,21?,22-,24-,25-/m1/s1. The van der Waals surface area contributed by atoms with Crippen molar-refractivity contribution in [3.05, 3.63) is 40.6 Å². The van der Waals surface area contributed by atoms with Gasteiger partial charge >= 0.3 is 0 Å². The third kappa shape index (κ3) is 7.17. The molecule has 3 aliphatic carbocycles. The van der Waals surface area contributed by atoms with E-state index in [1.807, 2.05) is 24.3 Å². The van der Waals surface area contributed by atoms with Crippen LogP contribution in [0.5, 0.6) is 5.75 Å². The monoisotopic (exact) mass is 598 g/mol. The van der Waals surface area contributed by atoms with Crippen LogP contribution in [0.1, 0.15) is 58.3 Å². The molecule has 1 aromatic rings. The van der Waals surface area contributed by atoms with E-state index < -0.39 is 6.61 Å². The Labute approximate surface area is 253 Å². The van der Waals surface area contributed by atoms with Gasteiger partial charge in [0.05, 0.1) is 17.7 Å². The summed E-state index contributed by atoms with van der Waals surface area (Å²) in [5.74, 6) is 1.94. The molecule has 0 radical (unpaired) electrons. The molecule has 4 aliphatic rings. The first-order valence-electron chi connectivity index (χ1n) is 15.4. The number of ketones is 1. The first-order chi connectivity index (χ1) is 20.2. The SMILES string of the molecule is C[C@@H]1C[C@H](Oc2ccccc2Cl)CCCC1CCC(=O)CN=C1C[C@H]2C[C@H]2C1=C(N)C(=O)N1CCN(C(=O)CO)CC1. The van der Waals surface area contributed by atoms with E-state index in [4.69, 9.17) is 32.2 Å². The summed E-state index contributed by atoms with van der Waals surface area (Å²) in [5.41, 5.74) is 8.30. The van der Waals surface area contributed by atoms with Crippen LogP contribution in [0.4, 0.5) is 0 Å². The Morgan fingerprint density at radius 2 is 1.83 bits per heavy atom. The number of nitrogens with two attached hydrogens (primary N) is 1. The Kier molecular flexibility index (Phi) is 9.88. The van der Waals surface area contributed by atoms with Gasteiger partial charge in [0.2, 0.25) is 5.91 Å². The third-order valence-electron chi connectivity index (χ3n) is 9.55. The lowest BCUT2D eigenvalue weighted by Crippen LogP contribution is -2.52. The van der Waals surface area contributed by atoms with Crippen molar-refractivity contribution < 1.29 is 24.2 Å². The average molecular weight is 599 g/mol. The van der Waals surface area contributed by atoms with Gasteiger partial charge in [-0.1, -0.05) is 37.1 Å². The summed E-state index contributed by atoms with van der Waals surface area (Å²) in [7, 11) is 0. The highest BCUT2D eigenvalue weighted by atomic mass is 35.5. The highest BCUT2D eigenvalue weighted by Gasteiger charge is 2.50. The molecule has 3 N–H and O–H groups in total. The molecule has 5 atom stereocenters. The zero-order valence-corrected chi connectivity index (χ0v) is 25.2. The average Bonchev–Trinajstić information content (AvgIpc) is 3.70. The Balaban J connectivity index is 1.12. The number of fused-ring (bicyclic) bond motifs is 1. The van der Waals surface area contributed by atoms with Crippen molar-refractivity contribution in [1.29, 1.82) is 0 Å². The van der Waals surface area contributed by atoms with Crippen LogP contribution in [-0.2, 0) is 14.4 Å². The van der Waals surface area contributed by atoms with Crippen LogP contribution in [0.25, 0.3) is 0 Å². The highest BCUT2D eigenvalue weighted by molar-refractivity contribution is 6.32. The number of hydrogen-bond acceptors (Lipinski definition) is 7. The maximum atomic E-state index is 13.2. The second kappa shape index (κ2) is 13.6. The van der Waals surface area contributed by atoms with Crippen molar-refractivity contribution in [2.45, 2.75) is 64.4 Å². The number of carbonyl (C=O) groups excluding carboxylic acids is 3. The number of rotatable bonds is 9. The predicted octanol–water partition coefficient (Wildman–Crippen LogP) is 3.62. The third-order valence-corrected chi connectivity index (χ3v) is 9.86. The maximum absolute atomic E-state index is 13.2. The minimum atomic E-state index is -0.526. The van der Waals surface area contributed by atoms with Crippen LogP contribution in [-0.4, -0.2) is 83.7 Å². The number of nitrogens with zero attached hydrogens (tertiary/aromatic N) is 3. The molecule has 9 nitrogen and oxygen atoms in total. The summed E-state index contributed by atoms with van der Waals surface area (Å²) in [6.45, 7) is 3.38. The first kappa shape index (κ1) is 30.5. The number of benzene rings is 1. The van der Waals surface area contributed by atoms with E-state index in [1.54, 1.807) is 9.80 Å². The van der Waals surface area contributed by atoms with E-state index in [0.29, 0.717) is 55.4 Å². The topological polar surface area (TPSA) is 126 Å². The summed E-state index contributed by atoms with van der Waals surface area (Å²) in [4.78, 5) is 45.8. The molecule has 1 aromatic carbocycles. The van der Waals surface area contributed by atoms with Crippen molar-refractivity contribution in [2.24, 2.45) is 34.4 Å². The zero-order valence-electron chi connectivity index (χ0n) is 24.5. The fourth-order valence-corrected chi connectivity index (χ4v) is 7.11. The van der Waals surface area contributed by atoms with Gasteiger partial charge in [-0.15, -0.1) is 0 Å². The fraction of sp³-hybridized carbons (Fsp3) is 0.625. The molecule has 4 fully saturated rings. The Hall–Kier alpha value is -2.91. The zero-order chi connectivity index (χ0) is 29.8. The highest BCUT2D eigenvalue weighted by Crippen LogP contribution is 2.54. The van der Waals surface area contributed by atoms with Gasteiger partial charge in [-0.3, -0.25) is 19.4 Å². The van der Waals surface area contributed by atoms with Crippen LogP contribution in [0.3, 0.4) is 0 Å². The largest absolute Gasteiger partial charge is 0.489 e. The van der Waals surface area contributed by atoms with Crippen LogP contribution >= 0.6 is 11.6 Å². The molecule has 1 heterocycles. The van der Waals surface area contributed by atoms with Gasteiger partial charge in [0.25, 0.3) is 5.91 Å². The van der Waals surface area contributed by atoms with Gasteiger partial charge in [-0.2, -0.15) is 0 Å². The number of hydrogen-bond donors (Lipinski definition) is 2. The van der Waals surface area contributed by atoms with E-state index in [0.717, 1.165) is 62.0 Å². The predicted molar refractivity (Wildman–Crippen MR) is 161 cm³/mol. The van der Waals surface area contributed by atoms with E-state index in [1.165, 1.54) is 0 Å². The molecular formula is C32H43ClN4O5. The molecule has 5 rings (SSSR count). The van der Waals surface area contributed by atoms with Crippen molar-refractivity contribution in [1.82, 2.24) is 9.80 Å². The summed E-state index contributed by atoms with van der Waals surface area (Å²) in [5, 5.41) is 9.72. The fourth-order valence-electron chi connectivity index (χ4n) is 6.93. The van der Waals surface area contributed by atoms with Crippen LogP contribution in [0, 0.1) is 23.7 Å². The van der Waals surface area contributed by atoms with E-state index in [-0.39, 0.29) is 41.9 Å². The van der Waals surface area contributed by atoms with Crippen LogP contribution in [0.2, 0.25) is 5.02 Å². The van der Waals surface area contributed by atoms with Crippen molar-refractivity contribution in [3.63, 3.8) is 0 Å². The number of allylic oxidation sites excluding steroid dienone is 1. The minimum absolute atomic E-state index is 0.123. The number of carbonyl (C=O) groups is 3. The molecule has 1 aliphatic heterocycles. The van der Waals surface area contributed by atoms with Gasteiger partial charge < -0.3 is 25.4 Å². The van der Waals surface area contributed by atoms with E-state index in [2.05, 4.69) is 6.92 Å². The van der Waals surface area contributed by atoms with Gasteiger partial charge in [-0.05, 0) is 74.3 Å². The molecule has 0 aromatic heterocycles. The lowest BCUT2D eigenvalue weighted by atomic mass is 9.85. The lowest BCUT2D eigenvalue weighted by molar-refractivity contribution is -0.139. The molecule has 1 saturated heterocycles. The van der Waals surface area contributed by atoms with Crippen LogP contribution < -0.4 is 10.5 Å². The number of aliphatic hydroxyl groups excluding tert-OH is 1. The van der Waals surface area contributed by atoms with Gasteiger partial charge in [0.15, 0.2) is 5.78 Å².